The van der Waals surface area contributed by atoms with Crippen molar-refractivity contribution in [2.75, 3.05) is 5.32 Å². The van der Waals surface area contributed by atoms with Crippen LogP contribution in [0.5, 0.6) is 0 Å². The van der Waals surface area contributed by atoms with E-state index in [4.69, 9.17) is 5.73 Å². The first-order valence-electron chi connectivity index (χ1n) is 7.48. The summed E-state index contributed by atoms with van der Waals surface area (Å²) in [6.45, 7) is 3.52. The molecule has 0 heterocycles. The number of hydrogen-bond donors (Lipinski definition) is 3. The van der Waals surface area contributed by atoms with Gasteiger partial charge in [-0.1, -0.05) is 6.42 Å². The minimum atomic E-state index is -3.51. The van der Waals surface area contributed by atoms with E-state index in [1.54, 1.807) is 26.0 Å². The molecule has 1 aliphatic rings. The van der Waals surface area contributed by atoms with Gasteiger partial charge in [-0.2, -0.15) is 0 Å². The predicted octanol–water partition coefficient (Wildman–Crippen LogP) is 1.44. The Bertz CT molecular complexity index is 626. The Balaban J connectivity index is 2.04. The molecule has 2 atom stereocenters. The maximum atomic E-state index is 12.1. The van der Waals surface area contributed by atoms with E-state index in [9.17, 15) is 13.2 Å². The summed E-state index contributed by atoms with van der Waals surface area (Å²) in [5, 5.41) is 2.80. The Morgan fingerprint density at radius 2 is 1.86 bits per heavy atom. The molecule has 2 unspecified atom stereocenters. The zero-order chi connectivity index (χ0) is 16.3. The van der Waals surface area contributed by atoms with Gasteiger partial charge in [0, 0.05) is 17.8 Å². The number of anilines is 1. The van der Waals surface area contributed by atoms with Crippen LogP contribution in [0.25, 0.3) is 0 Å². The van der Waals surface area contributed by atoms with Crippen LogP contribution in [0, 0.1) is 5.92 Å². The molecule has 2 rings (SSSR count). The van der Waals surface area contributed by atoms with Crippen LogP contribution in [0.15, 0.2) is 29.2 Å². The summed E-state index contributed by atoms with van der Waals surface area (Å²) in [7, 11) is -3.51. The molecule has 0 radical (unpaired) electrons. The molecular weight excluding hydrogens is 302 g/mol. The van der Waals surface area contributed by atoms with Gasteiger partial charge < -0.3 is 11.1 Å². The quantitative estimate of drug-likeness (QED) is 0.762. The number of hydrogen-bond acceptors (Lipinski definition) is 4. The van der Waals surface area contributed by atoms with Crippen LogP contribution in [0.1, 0.15) is 33.1 Å². The Hall–Kier alpha value is -1.44. The van der Waals surface area contributed by atoms with Gasteiger partial charge in [0.1, 0.15) is 0 Å². The molecule has 1 amide bonds. The van der Waals surface area contributed by atoms with E-state index in [0.29, 0.717) is 5.69 Å². The van der Waals surface area contributed by atoms with E-state index >= 15 is 0 Å². The van der Waals surface area contributed by atoms with Crippen molar-refractivity contribution in [3.05, 3.63) is 24.3 Å². The van der Waals surface area contributed by atoms with Crippen LogP contribution >= 0.6 is 0 Å². The molecule has 1 fully saturated rings. The van der Waals surface area contributed by atoms with Crippen molar-refractivity contribution >= 4 is 21.6 Å². The molecule has 1 saturated carbocycles. The number of rotatable bonds is 5. The van der Waals surface area contributed by atoms with E-state index in [0.717, 1.165) is 19.3 Å². The highest BCUT2D eigenvalue weighted by Gasteiger charge is 2.30. The number of amides is 1. The van der Waals surface area contributed by atoms with Gasteiger partial charge in [-0.3, -0.25) is 4.79 Å². The second-order valence-corrected chi connectivity index (χ2v) is 7.70. The van der Waals surface area contributed by atoms with Gasteiger partial charge in [-0.15, -0.1) is 0 Å². The van der Waals surface area contributed by atoms with Crippen molar-refractivity contribution in [3.8, 4) is 0 Å². The minimum absolute atomic E-state index is 0.0881. The lowest BCUT2D eigenvalue weighted by Crippen LogP contribution is -2.34. The zero-order valence-corrected chi connectivity index (χ0v) is 13.7. The van der Waals surface area contributed by atoms with Crippen LogP contribution in [0.2, 0.25) is 0 Å². The summed E-state index contributed by atoms with van der Waals surface area (Å²) in [6.07, 6.45) is 2.64. The lowest BCUT2D eigenvalue weighted by atomic mass is 10.0. The fourth-order valence-corrected chi connectivity index (χ4v) is 3.90. The number of sulfonamides is 1. The van der Waals surface area contributed by atoms with Gasteiger partial charge in [0.15, 0.2) is 0 Å². The molecule has 0 spiro atoms. The van der Waals surface area contributed by atoms with Crippen molar-refractivity contribution in [2.24, 2.45) is 11.7 Å². The van der Waals surface area contributed by atoms with Gasteiger partial charge in [-0.25, -0.2) is 13.1 Å². The molecule has 1 aromatic rings. The lowest BCUT2D eigenvalue weighted by molar-refractivity contribution is -0.120. The second-order valence-electron chi connectivity index (χ2n) is 5.99. The van der Waals surface area contributed by atoms with Gasteiger partial charge >= 0.3 is 0 Å². The third-order valence-electron chi connectivity index (χ3n) is 3.73. The van der Waals surface area contributed by atoms with Crippen molar-refractivity contribution in [3.63, 3.8) is 0 Å². The standard InChI is InChI=1S/C15H23N3O3S/c1-10(2)18-22(20,21)12-8-6-11(7-9-12)17-15(19)13-4-3-5-14(13)16/h6-10,13-14,18H,3-5,16H2,1-2H3,(H,17,19). The van der Waals surface area contributed by atoms with E-state index in [1.807, 2.05) is 0 Å². The van der Waals surface area contributed by atoms with Crippen LogP contribution in [0.4, 0.5) is 5.69 Å². The van der Waals surface area contributed by atoms with Gasteiger partial charge in [0.2, 0.25) is 15.9 Å². The molecular formula is C15H23N3O3S. The highest BCUT2D eigenvalue weighted by molar-refractivity contribution is 7.89. The number of nitrogens with two attached hydrogens (primary N) is 1. The SMILES string of the molecule is CC(C)NS(=O)(=O)c1ccc(NC(=O)C2CCCC2N)cc1. The number of carbonyl (C=O) groups is 1. The maximum absolute atomic E-state index is 12.1. The topological polar surface area (TPSA) is 101 Å². The molecule has 6 nitrogen and oxygen atoms in total. The Labute approximate surface area is 131 Å². The molecule has 0 aliphatic heterocycles. The Kier molecular flexibility index (Phi) is 5.20. The first-order chi connectivity index (χ1) is 10.3. The summed E-state index contributed by atoms with van der Waals surface area (Å²) >= 11 is 0. The predicted molar refractivity (Wildman–Crippen MR) is 85.8 cm³/mol. The number of nitrogens with one attached hydrogen (secondary N) is 2. The summed E-state index contributed by atoms with van der Waals surface area (Å²) in [6, 6.07) is 5.88. The Morgan fingerprint density at radius 3 is 2.36 bits per heavy atom. The normalized spacial score (nSPS) is 22.0. The number of carbonyl (C=O) groups excluding carboxylic acids is 1. The monoisotopic (exact) mass is 325 g/mol. The van der Waals surface area contributed by atoms with Gasteiger partial charge in [0.05, 0.1) is 10.8 Å². The molecule has 0 bridgehead atoms. The summed E-state index contributed by atoms with van der Waals surface area (Å²) in [5.74, 6) is -0.257. The first-order valence-corrected chi connectivity index (χ1v) is 8.97. The van der Waals surface area contributed by atoms with E-state index in [-0.39, 0.29) is 28.8 Å². The second kappa shape index (κ2) is 6.76. The van der Waals surface area contributed by atoms with Crippen molar-refractivity contribution in [1.29, 1.82) is 0 Å². The average molecular weight is 325 g/mol. The van der Waals surface area contributed by atoms with Crippen LogP contribution in [0.3, 0.4) is 0 Å². The van der Waals surface area contributed by atoms with E-state index in [1.165, 1.54) is 12.1 Å². The summed E-state index contributed by atoms with van der Waals surface area (Å²) in [4.78, 5) is 12.3. The molecule has 122 valence electrons. The van der Waals surface area contributed by atoms with E-state index in [2.05, 4.69) is 10.0 Å². The van der Waals surface area contributed by atoms with Crippen LogP contribution in [-0.2, 0) is 14.8 Å². The van der Waals surface area contributed by atoms with Crippen molar-refractivity contribution < 1.29 is 13.2 Å². The molecule has 7 heteroatoms. The average Bonchev–Trinajstić information content (AvgIpc) is 2.84. The summed E-state index contributed by atoms with van der Waals surface area (Å²) in [5.41, 5.74) is 6.49. The maximum Gasteiger partial charge on any atom is 0.240 e. The highest BCUT2D eigenvalue weighted by atomic mass is 32.2. The molecule has 1 aliphatic carbocycles. The minimum Gasteiger partial charge on any atom is -0.327 e. The molecule has 0 aromatic heterocycles. The zero-order valence-electron chi connectivity index (χ0n) is 12.9. The van der Waals surface area contributed by atoms with Crippen molar-refractivity contribution in [1.82, 2.24) is 4.72 Å². The fourth-order valence-electron chi connectivity index (χ4n) is 2.64. The molecule has 4 N–H and O–H groups in total. The van der Waals surface area contributed by atoms with Gasteiger partial charge in [0.25, 0.3) is 0 Å². The highest BCUT2D eigenvalue weighted by Crippen LogP contribution is 2.25. The summed E-state index contributed by atoms with van der Waals surface area (Å²) < 4.78 is 26.5. The number of benzene rings is 1. The fraction of sp³-hybridized carbons (Fsp3) is 0.533. The smallest absolute Gasteiger partial charge is 0.240 e. The van der Waals surface area contributed by atoms with E-state index < -0.39 is 10.0 Å². The molecule has 1 aromatic carbocycles. The molecule has 0 saturated heterocycles. The molecule has 22 heavy (non-hydrogen) atoms. The first kappa shape index (κ1) is 16.9. The largest absolute Gasteiger partial charge is 0.327 e. The van der Waals surface area contributed by atoms with Gasteiger partial charge in [-0.05, 0) is 51.0 Å². The lowest BCUT2D eigenvalue weighted by Gasteiger charge is -2.15. The van der Waals surface area contributed by atoms with Crippen LogP contribution in [-0.4, -0.2) is 26.4 Å². The van der Waals surface area contributed by atoms with Crippen LogP contribution < -0.4 is 15.8 Å². The third-order valence-corrected chi connectivity index (χ3v) is 5.40. The Morgan fingerprint density at radius 1 is 1.23 bits per heavy atom. The third kappa shape index (κ3) is 4.06. The van der Waals surface area contributed by atoms with Crippen molar-refractivity contribution in [2.45, 2.75) is 50.1 Å².